The van der Waals surface area contributed by atoms with Gasteiger partial charge < -0.3 is 10.6 Å². The van der Waals surface area contributed by atoms with Crippen LogP contribution in [0, 0.1) is 23.7 Å². The Morgan fingerprint density at radius 3 is 2.81 bits per heavy atom. The van der Waals surface area contributed by atoms with E-state index >= 15 is 0 Å². The predicted molar refractivity (Wildman–Crippen MR) is 65.2 cm³/mol. The fraction of sp³-hybridized carbons (Fsp3) is 1.00. The fourth-order valence-electron chi connectivity index (χ4n) is 5.23. The third-order valence-electron chi connectivity index (χ3n) is 5.83. The summed E-state index contributed by atoms with van der Waals surface area (Å²) in [6, 6.07) is 1.76. The maximum atomic E-state index is 4.01. The van der Waals surface area contributed by atoms with Gasteiger partial charge in [-0.1, -0.05) is 12.8 Å². The van der Waals surface area contributed by atoms with E-state index < -0.39 is 0 Å². The molecule has 2 aliphatic carbocycles. The summed E-state index contributed by atoms with van der Waals surface area (Å²) in [5.74, 6) is 4.03. The molecule has 0 aromatic carbocycles. The summed E-state index contributed by atoms with van der Waals surface area (Å²) in [5, 5.41) is 7.65. The third-order valence-corrected chi connectivity index (χ3v) is 5.83. The Kier molecular flexibility index (Phi) is 2.29. The van der Waals surface area contributed by atoms with Crippen LogP contribution in [0.15, 0.2) is 0 Å². The van der Waals surface area contributed by atoms with Crippen molar-refractivity contribution in [2.75, 3.05) is 13.1 Å². The summed E-state index contributed by atoms with van der Waals surface area (Å²) in [5.41, 5.74) is 0. The molecule has 0 radical (unpaired) electrons. The molecule has 5 unspecified atom stereocenters. The van der Waals surface area contributed by atoms with Gasteiger partial charge in [-0.3, -0.25) is 0 Å². The van der Waals surface area contributed by atoms with E-state index in [2.05, 4.69) is 10.6 Å². The van der Waals surface area contributed by atoms with E-state index in [0.717, 1.165) is 35.8 Å². The van der Waals surface area contributed by atoms with Gasteiger partial charge in [0.15, 0.2) is 0 Å². The zero-order chi connectivity index (χ0) is 10.5. The molecule has 4 fully saturated rings. The highest BCUT2D eigenvalue weighted by atomic mass is 15.1. The molecule has 2 heteroatoms. The zero-order valence-corrected chi connectivity index (χ0v) is 10.1. The molecule has 2 nitrogen and oxygen atoms in total. The van der Waals surface area contributed by atoms with Crippen LogP contribution >= 0.6 is 0 Å². The second-order valence-electron chi connectivity index (χ2n) is 6.67. The highest BCUT2D eigenvalue weighted by Gasteiger charge is 2.50. The molecule has 2 saturated carbocycles. The second kappa shape index (κ2) is 3.71. The van der Waals surface area contributed by atoms with Crippen molar-refractivity contribution in [1.82, 2.24) is 10.6 Å². The molecule has 0 spiro atoms. The van der Waals surface area contributed by atoms with E-state index in [9.17, 15) is 0 Å². The van der Waals surface area contributed by atoms with Crippen LogP contribution in [-0.2, 0) is 0 Å². The Labute approximate surface area is 98.6 Å². The summed E-state index contributed by atoms with van der Waals surface area (Å²) in [6.07, 6.45) is 8.97. The minimum atomic E-state index is 0.872. The summed E-state index contributed by atoms with van der Waals surface area (Å²) in [4.78, 5) is 0. The molecule has 2 aliphatic heterocycles. The molecule has 2 heterocycles. The van der Waals surface area contributed by atoms with E-state index in [1.54, 1.807) is 0 Å². The number of hydrogen-bond donors (Lipinski definition) is 2. The maximum Gasteiger partial charge on any atom is 0.0142 e. The van der Waals surface area contributed by atoms with Crippen LogP contribution < -0.4 is 10.6 Å². The molecule has 16 heavy (non-hydrogen) atoms. The van der Waals surface area contributed by atoms with Crippen molar-refractivity contribution < 1.29 is 0 Å². The second-order valence-corrected chi connectivity index (χ2v) is 6.67. The van der Waals surface area contributed by atoms with Crippen LogP contribution in [0.4, 0.5) is 0 Å². The first-order chi connectivity index (χ1) is 7.92. The van der Waals surface area contributed by atoms with Gasteiger partial charge in [-0.25, -0.2) is 0 Å². The van der Waals surface area contributed by atoms with Crippen molar-refractivity contribution in [3.05, 3.63) is 0 Å². The van der Waals surface area contributed by atoms with Crippen molar-refractivity contribution in [3.63, 3.8) is 0 Å². The number of nitrogens with one attached hydrogen (secondary N) is 2. The minimum Gasteiger partial charge on any atom is -0.316 e. The SMILES string of the molecule is C1CCC2C(C1)NC1C3CNC[C@@H](C3)CC21. The highest BCUT2D eigenvalue weighted by Crippen LogP contribution is 2.48. The molecule has 6 atom stereocenters. The average molecular weight is 220 g/mol. The Hall–Kier alpha value is -0.0800. The lowest BCUT2D eigenvalue weighted by Crippen LogP contribution is -2.51. The van der Waals surface area contributed by atoms with Crippen molar-refractivity contribution in [3.8, 4) is 0 Å². The van der Waals surface area contributed by atoms with Crippen molar-refractivity contribution >= 4 is 0 Å². The zero-order valence-electron chi connectivity index (χ0n) is 10.1. The molecule has 4 aliphatic rings. The summed E-state index contributed by atoms with van der Waals surface area (Å²) in [6.45, 7) is 2.58. The van der Waals surface area contributed by atoms with E-state index in [0.29, 0.717) is 0 Å². The Balaban J connectivity index is 1.59. The van der Waals surface area contributed by atoms with Crippen LogP contribution in [0.1, 0.15) is 38.5 Å². The first kappa shape index (κ1) is 9.90. The van der Waals surface area contributed by atoms with Gasteiger partial charge in [0.2, 0.25) is 0 Å². The van der Waals surface area contributed by atoms with Gasteiger partial charge in [-0.05, 0) is 62.4 Å². The lowest BCUT2D eigenvalue weighted by Gasteiger charge is -2.44. The minimum absolute atomic E-state index is 0.872. The van der Waals surface area contributed by atoms with Gasteiger partial charge in [-0.2, -0.15) is 0 Å². The van der Waals surface area contributed by atoms with Crippen molar-refractivity contribution in [1.29, 1.82) is 0 Å². The molecule has 4 rings (SSSR count). The normalized spacial score (nSPS) is 55.5. The Bertz CT molecular complexity index is 278. The fourth-order valence-corrected chi connectivity index (χ4v) is 5.23. The lowest BCUT2D eigenvalue weighted by atomic mass is 9.65. The van der Waals surface area contributed by atoms with Crippen LogP contribution in [0.5, 0.6) is 0 Å². The van der Waals surface area contributed by atoms with E-state index in [1.807, 2.05) is 0 Å². The van der Waals surface area contributed by atoms with Crippen LogP contribution in [0.25, 0.3) is 0 Å². The molecule has 90 valence electrons. The van der Waals surface area contributed by atoms with Gasteiger partial charge in [0.05, 0.1) is 0 Å². The molecule has 2 N–H and O–H groups in total. The number of fused-ring (bicyclic) bond motifs is 6. The Morgan fingerprint density at radius 2 is 1.81 bits per heavy atom. The van der Waals surface area contributed by atoms with Gasteiger partial charge in [0, 0.05) is 12.1 Å². The third kappa shape index (κ3) is 1.39. The van der Waals surface area contributed by atoms with E-state index in [1.165, 1.54) is 51.6 Å². The topological polar surface area (TPSA) is 24.1 Å². The standard InChI is InChI=1S/C14H24N2/c1-2-4-13-11(3-1)12-6-9-5-10(8-15-7-9)14(12)16-13/h9-16H,1-8H2/t9-,10?,11?,12?,13?,14?/m0/s1. The highest BCUT2D eigenvalue weighted by molar-refractivity contribution is 5.06. The van der Waals surface area contributed by atoms with Crippen LogP contribution in [0.3, 0.4) is 0 Å². The molecule has 2 saturated heterocycles. The summed E-state index contributed by atoms with van der Waals surface area (Å²) >= 11 is 0. The molecule has 2 bridgehead atoms. The lowest BCUT2D eigenvalue weighted by molar-refractivity contribution is 0.107. The van der Waals surface area contributed by atoms with Gasteiger partial charge in [0.25, 0.3) is 0 Å². The predicted octanol–water partition coefficient (Wildman–Crippen LogP) is 1.76. The summed E-state index contributed by atoms with van der Waals surface area (Å²) < 4.78 is 0. The van der Waals surface area contributed by atoms with Gasteiger partial charge >= 0.3 is 0 Å². The maximum absolute atomic E-state index is 4.01. The first-order valence-corrected chi connectivity index (χ1v) is 7.38. The quantitative estimate of drug-likeness (QED) is 0.650. The van der Waals surface area contributed by atoms with Crippen LogP contribution in [-0.4, -0.2) is 25.2 Å². The largest absolute Gasteiger partial charge is 0.316 e. The van der Waals surface area contributed by atoms with Crippen molar-refractivity contribution in [2.24, 2.45) is 23.7 Å². The molecule has 0 amide bonds. The first-order valence-electron chi connectivity index (χ1n) is 7.38. The molecule has 0 aromatic rings. The van der Waals surface area contributed by atoms with Crippen LogP contribution in [0.2, 0.25) is 0 Å². The average Bonchev–Trinajstić information content (AvgIpc) is 2.69. The van der Waals surface area contributed by atoms with Crippen molar-refractivity contribution in [2.45, 2.75) is 50.6 Å². The monoisotopic (exact) mass is 220 g/mol. The number of hydrogen-bond acceptors (Lipinski definition) is 2. The van der Waals surface area contributed by atoms with Gasteiger partial charge in [0.1, 0.15) is 0 Å². The Morgan fingerprint density at radius 1 is 0.875 bits per heavy atom. The summed E-state index contributed by atoms with van der Waals surface area (Å²) in [7, 11) is 0. The van der Waals surface area contributed by atoms with E-state index in [-0.39, 0.29) is 0 Å². The molecular formula is C14H24N2. The number of rotatable bonds is 0. The van der Waals surface area contributed by atoms with Gasteiger partial charge in [-0.15, -0.1) is 0 Å². The molecular weight excluding hydrogens is 196 g/mol. The number of piperidine rings is 1. The van der Waals surface area contributed by atoms with E-state index in [4.69, 9.17) is 0 Å². The smallest absolute Gasteiger partial charge is 0.0142 e. The molecule has 0 aromatic heterocycles.